The van der Waals surface area contributed by atoms with Crippen LogP contribution in [0, 0.1) is 6.92 Å². The zero-order valence-electron chi connectivity index (χ0n) is 16.7. The van der Waals surface area contributed by atoms with Crippen LogP contribution in [0.25, 0.3) is 11.0 Å². The summed E-state index contributed by atoms with van der Waals surface area (Å²) >= 11 is 0. The Kier molecular flexibility index (Phi) is 3.69. The molecule has 1 aliphatic heterocycles. The SMILES string of the molecule is Cc1ccc2oc3c(c2c1)S(=O)(=O)c1ccccc1N3c1cccc2c1CCCC2. The Balaban J connectivity index is 1.74. The first-order valence-corrected chi connectivity index (χ1v) is 11.8. The van der Waals surface area contributed by atoms with Crippen molar-refractivity contribution in [2.45, 2.75) is 42.4 Å². The highest BCUT2D eigenvalue weighted by Crippen LogP contribution is 2.53. The maximum Gasteiger partial charge on any atom is 0.225 e. The molecule has 2 aliphatic rings. The van der Waals surface area contributed by atoms with Crippen molar-refractivity contribution in [2.75, 3.05) is 4.90 Å². The van der Waals surface area contributed by atoms with Gasteiger partial charge in [0, 0.05) is 5.39 Å². The minimum absolute atomic E-state index is 0.272. The fourth-order valence-electron chi connectivity index (χ4n) is 4.88. The summed E-state index contributed by atoms with van der Waals surface area (Å²) in [4.78, 5) is 2.62. The number of para-hydroxylation sites is 1. The van der Waals surface area contributed by atoms with Gasteiger partial charge in [-0.3, -0.25) is 4.90 Å². The molecule has 3 aromatic carbocycles. The zero-order valence-corrected chi connectivity index (χ0v) is 17.5. The fraction of sp³-hybridized carbons (Fsp3) is 0.200. The van der Waals surface area contributed by atoms with Gasteiger partial charge in [-0.2, -0.15) is 0 Å². The molecule has 1 aliphatic carbocycles. The Morgan fingerprint density at radius 1 is 0.900 bits per heavy atom. The average molecular weight is 416 g/mol. The summed E-state index contributed by atoms with van der Waals surface area (Å²) in [6, 6.07) is 19.3. The first-order valence-electron chi connectivity index (χ1n) is 10.3. The van der Waals surface area contributed by atoms with E-state index in [1.165, 1.54) is 17.5 Å². The number of hydrogen-bond donors (Lipinski definition) is 0. The van der Waals surface area contributed by atoms with Gasteiger partial charge >= 0.3 is 0 Å². The van der Waals surface area contributed by atoms with E-state index >= 15 is 0 Å². The summed E-state index contributed by atoms with van der Waals surface area (Å²) in [5.41, 5.74) is 5.91. The van der Waals surface area contributed by atoms with E-state index in [0.717, 1.165) is 30.5 Å². The van der Waals surface area contributed by atoms with Crippen molar-refractivity contribution >= 4 is 38.1 Å². The lowest BCUT2D eigenvalue weighted by molar-refractivity contribution is 0.580. The van der Waals surface area contributed by atoms with E-state index in [-0.39, 0.29) is 4.90 Å². The van der Waals surface area contributed by atoms with Crippen LogP contribution in [0.1, 0.15) is 29.5 Å². The van der Waals surface area contributed by atoms with E-state index in [1.54, 1.807) is 12.1 Å². The number of fused-ring (bicyclic) bond motifs is 5. The predicted octanol–water partition coefficient (Wildman–Crippen LogP) is 6.24. The zero-order chi connectivity index (χ0) is 20.5. The maximum absolute atomic E-state index is 13.7. The standard InChI is InChI=1S/C25H21NO3S/c1-16-13-14-22-19(15-16)24-25(29-22)26(21-10-4-5-12-23(21)30(24,27)28)20-11-6-8-17-7-2-3-9-18(17)20/h4-6,8,10-15H,2-3,7,9H2,1H3. The van der Waals surface area contributed by atoms with Crippen molar-refractivity contribution in [2.24, 2.45) is 0 Å². The molecule has 0 N–H and O–H groups in total. The smallest absolute Gasteiger partial charge is 0.225 e. The number of rotatable bonds is 1. The Labute approximate surface area is 175 Å². The summed E-state index contributed by atoms with van der Waals surface area (Å²) in [5, 5.41) is 0.648. The normalized spacial score (nSPS) is 16.8. The molecule has 5 heteroatoms. The molecule has 150 valence electrons. The van der Waals surface area contributed by atoms with Crippen molar-refractivity contribution in [1.29, 1.82) is 0 Å². The van der Waals surface area contributed by atoms with Gasteiger partial charge in [-0.15, -0.1) is 0 Å². The molecule has 0 fully saturated rings. The van der Waals surface area contributed by atoms with Gasteiger partial charge in [-0.1, -0.05) is 35.9 Å². The molecular formula is C25H21NO3S. The lowest BCUT2D eigenvalue weighted by atomic mass is 9.90. The molecule has 0 radical (unpaired) electrons. The summed E-state index contributed by atoms with van der Waals surface area (Å²) < 4.78 is 33.6. The molecule has 4 nitrogen and oxygen atoms in total. The quantitative estimate of drug-likeness (QED) is 0.325. The third-order valence-corrected chi connectivity index (χ3v) is 8.12. The Morgan fingerprint density at radius 2 is 1.70 bits per heavy atom. The van der Waals surface area contributed by atoms with E-state index < -0.39 is 9.84 Å². The molecule has 0 saturated heterocycles. The van der Waals surface area contributed by atoms with Crippen LogP contribution in [0.2, 0.25) is 0 Å². The van der Waals surface area contributed by atoms with Gasteiger partial charge in [-0.05, 0) is 74.1 Å². The van der Waals surface area contributed by atoms with Gasteiger partial charge in [-0.25, -0.2) is 8.42 Å². The molecule has 6 rings (SSSR count). The highest BCUT2D eigenvalue weighted by Gasteiger charge is 2.40. The summed E-state index contributed by atoms with van der Waals surface area (Å²) in [5.74, 6) is 0.397. The molecule has 30 heavy (non-hydrogen) atoms. The molecular weight excluding hydrogens is 394 g/mol. The molecule has 4 aromatic rings. The first kappa shape index (κ1) is 17.8. The molecule has 0 unspecified atom stereocenters. The van der Waals surface area contributed by atoms with Crippen molar-refractivity contribution in [3.05, 3.63) is 77.4 Å². The highest BCUT2D eigenvalue weighted by atomic mass is 32.2. The van der Waals surface area contributed by atoms with Gasteiger partial charge in [0.1, 0.15) is 10.5 Å². The van der Waals surface area contributed by atoms with Crippen LogP contribution in [-0.4, -0.2) is 8.42 Å². The molecule has 0 atom stereocenters. The average Bonchev–Trinajstić information content (AvgIpc) is 3.13. The van der Waals surface area contributed by atoms with Crippen molar-refractivity contribution < 1.29 is 12.8 Å². The largest absolute Gasteiger partial charge is 0.438 e. The monoisotopic (exact) mass is 415 g/mol. The number of aryl methyl sites for hydroxylation is 2. The molecule has 0 bridgehead atoms. The van der Waals surface area contributed by atoms with E-state index in [2.05, 4.69) is 18.2 Å². The molecule has 2 heterocycles. The number of hydrogen-bond acceptors (Lipinski definition) is 4. The third kappa shape index (κ3) is 2.36. The predicted molar refractivity (Wildman–Crippen MR) is 118 cm³/mol. The Bertz CT molecular complexity index is 1430. The molecule has 0 spiro atoms. The summed E-state index contributed by atoms with van der Waals surface area (Å²) in [6.45, 7) is 1.97. The fourth-order valence-corrected chi connectivity index (χ4v) is 6.61. The second-order valence-corrected chi connectivity index (χ2v) is 10.0. The van der Waals surface area contributed by atoms with Crippen LogP contribution >= 0.6 is 0 Å². The van der Waals surface area contributed by atoms with E-state index in [1.807, 2.05) is 42.2 Å². The topological polar surface area (TPSA) is 50.5 Å². The molecule has 1 aromatic heterocycles. The Morgan fingerprint density at radius 3 is 2.60 bits per heavy atom. The minimum Gasteiger partial charge on any atom is -0.438 e. The van der Waals surface area contributed by atoms with E-state index in [9.17, 15) is 8.42 Å². The van der Waals surface area contributed by atoms with Gasteiger partial charge in [0.2, 0.25) is 15.7 Å². The number of benzene rings is 3. The second-order valence-electron chi connectivity index (χ2n) is 8.16. The van der Waals surface area contributed by atoms with Crippen LogP contribution in [0.3, 0.4) is 0 Å². The van der Waals surface area contributed by atoms with Crippen LogP contribution in [0.4, 0.5) is 17.3 Å². The lowest BCUT2D eigenvalue weighted by Gasteiger charge is -2.32. The summed E-state index contributed by atoms with van der Waals surface area (Å²) in [6.07, 6.45) is 4.38. The molecule has 0 saturated carbocycles. The molecule has 0 amide bonds. The number of anilines is 3. The Hall–Kier alpha value is -3.05. The number of nitrogens with zero attached hydrogens (tertiary/aromatic N) is 1. The van der Waals surface area contributed by atoms with Crippen LogP contribution < -0.4 is 4.90 Å². The first-order chi connectivity index (χ1) is 14.6. The van der Waals surface area contributed by atoms with E-state index in [0.29, 0.717) is 27.4 Å². The van der Waals surface area contributed by atoms with E-state index in [4.69, 9.17) is 4.42 Å². The van der Waals surface area contributed by atoms with Crippen molar-refractivity contribution in [1.82, 2.24) is 0 Å². The minimum atomic E-state index is -3.70. The maximum atomic E-state index is 13.7. The second kappa shape index (κ2) is 6.22. The van der Waals surface area contributed by atoms with Gasteiger partial charge in [0.05, 0.1) is 16.3 Å². The van der Waals surface area contributed by atoms with Crippen molar-refractivity contribution in [3.8, 4) is 0 Å². The van der Waals surface area contributed by atoms with Crippen LogP contribution in [0.5, 0.6) is 0 Å². The van der Waals surface area contributed by atoms with Gasteiger partial charge in [0.25, 0.3) is 0 Å². The lowest BCUT2D eigenvalue weighted by Crippen LogP contribution is -2.22. The highest BCUT2D eigenvalue weighted by molar-refractivity contribution is 7.92. The summed E-state index contributed by atoms with van der Waals surface area (Å²) in [7, 11) is -3.70. The third-order valence-electron chi connectivity index (χ3n) is 6.26. The van der Waals surface area contributed by atoms with Crippen molar-refractivity contribution in [3.63, 3.8) is 0 Å². The van der Waals surface area contributed by atoms with Crippen LogP contribution in [-0.2, 0) is 22.7 Å². The van der Waals surface area contributed by atoms with Crippen LogP contribution in [0.15, 0.2) is 74.9 Å². The van der Waals surface area contributed by atoms with Gasteiger partial charge < -0.3 is 4.42 Å². The number of sulfone groups is 1. The van der Waals surface area contributed by atoms with Gasteiger partial charge in [0.15, 0.2) is 0 Å². The number of furan rings is 1.